The summed E-state index contributed by atoms with van der Waals surface area (Å²) in [6.45, 7) is 7.35. The van der Waals surface area contributed by atoms with E-state index in [2.05, 4.69) is 5.92 Å². The van der Waals surface area contributed by atoms with Crippen molar-refractivity contribution in [2.24, 2.45) is 0 Å². The van der Waals surface area contributed by atoms with Crippen LogP contribution >= 0.6 is 0 Å². The third-order valence-corrected chi connectivity index (χ3v) is 1.20. The van der Waals surface area contributed by atoms with Gasteiger partial charge in [0.15, 0.2) is 0 Å². The van der Waals surface area contributed by atoms with Crippen LogP contribution in [0.3, 0.4) is 0 Å². The molecular formula is C9H15O2. The van der Waals surface area contributed by atoms with Crippen LogP contribution in [-0.4, -0.2) is 25.4 Å². The average Bonchev–Trinajstić information content (AvgIpc) is 1.99. The second kappa shape index (κ2) is 5.17. The first kappa shape index (κ1) is 10.5. The molecule has 0 N–H and O–H groups in total. The molecule has 2 nitrogen and oxygen atoms in total. The molecule has 0 atom stereocenters. The van der Waals surface area contributed by atoms with Crippen LogP contribution in [0.5, 0.6) is 0 Å². The van der Waals surface area contributed by atoms with Crippen LogP contribution in [0, 0.1) is 12.3 Å². The van der Waals surface area contributed by atoms with Gasteiger partial charge >= 0.3 is 0 Å². The molecule has 63 valence electrons. The van der Waals surface area contributed by atoms with Crippen molar-refractivity contribution in [2.45, 2.75) is 26.4 Å². The highest BCUT2D eigenvalue weighted by molar-refractivity contribution is 4.97. The van der Waals surface area contributed by atoms with Crippen LogP contribution in [-0.2, 0) is 9.47 Å². The number of hydrogen-bond acceptors (Lipinski definition) is 2. The highest BCUT2D eigenvalue weighted by atomic mass is 16.5. The fourth-order valence-electron chi connectivity index (χ4n) is 0.536. The second-order valence-electron chi connectivity index (χ2n) is 2.68. The summed E-state index contributed by atoms with van der Waals surface area (Å²) in [5, 5.41) is 0. The predicted octanol–water partition coefficient (Wildman–Crippen LogP) is 1.41. The minimum atomic E-state index is -0.572. The van der Waals surface area contributed by atoms with Gasteiger partial charge in [-0.3, -0.25) is 0 Å². The normalized spacial score (nSPS) is 11.1. The van der Waals surface area contributed by atoms with Gasteiger partial charge in [0.25, 0.3) is 0 Å². The monoisotopic (exact) mass is 155 g/mol. The summed E-state index contributed by atoms with van der Waals surface area (Å²) in [7, 11) is 0. The van der Waals surface area contributed by atoms with Crippen molar-refractivity contribution < 1.29 is 9.47 Å². The largest absolute Gasteiger partial charge is 0.379 e. The van der Waals surface area contributed by atoms with Gasteiger partial charge in [0.2, 0.25) is 0 Å². The van der Waals surface area contributed by atoms with E-state index in [-0.39, 0.29) is 0 Å². The second-order valence-corrected chi connectivity index (χ2v) is 2.68. The van der Waals surface area contributed by atoms with Crippen molar-refractivity contribution in [3.05, 3.63) is 6.42 Å². The van der Waals surface area contributed by atoms with Gasteiger partial charge in [-0.05, 0) is 27.2 Å². The number of hydrogen-bond donors (Lipinski definition) is 0. The van der Waals surface area contributed by atoms with E-state index in [1.807, 2.05) is 6.92 Å². The van der Waals surface area contributed by atoms with E-state index in [1.54, 1.807) is 13.8 Å². The molecule has 0 saturated heterocycles. The van der Waals surface area contributed by atoms with Gasteiger partial charge in [-0.2, -0.15) is 0 Å². The van der Waals surface area contributed by atoms with Crippen molar-refractivity contribution in [3.63, 3.8) is 0 Å². The molecule has 11 heavy (non-hydrogen) atoms. The predicted molar refractivity (Wildman–Crippen MR) is 43.7 cm³/mol. The highest BCUT2D eigenvalue weighted by Crippen LogP contribution is 2.05. The van der Waals surface area contributed by atoms with E-state index in [9.17, 15) is 0 Å². The summed E-state index contributed by atoms with van der Waals surface area (Å²) in [6.07, 6.45) is 6.87. The Hall–Kier alpha value is -0.520. The van der Waals surface area contributed by atoms with Crippen LogP contribution in [0.25, 0.3) is 0 Å². The fourth-order valence-corrected chi connectivity index (χ4v) is 0.536. The summed E-state index contributed by atoms with van der Waals surface area (Å²) in [5.41, 5.74) is -0.572. The van der Waals surface area contributed by atoms with Crippen LogP contribution in [0.1, 0.15) is 20.8 Å². The summed E-state index contributed by atoms with van der Waals surface area (Å²) < 4.78 is 10.3. The topological polar surface area (TPSA) is 18.5 Å². The van der Waals surface area contributed by atoms with Gasteiger partial charge in [-0.15, -0.1) is 0 Å². The van der Waals surface area contributed by atoms with E-state index in [4.69, 9.17) is 15.9 Å². The average molecular weight is 155 g/mol. The van der Waals surface area contributed by atoms with Crippen molar-refractivity contribution in [2.75, 3.05) is 19.8 Å². The summed E-state index contributed by atoms with van der Waals surface area (Å²) in [5.74, 6) is 2.29. The maximum atomic E-state index is 6.87. The molecule has 0 fully saturated rings. The summed E-state index contributed by atoms with van der Waals surface area (Å²) in [6, 6.07) is 0. The summed E-state index contributed by atoms with van der Waals surface area (Å²) in [4.78, 5) is 0. The Morgan fingerprint density at radius 1 is 1.36 bits per heavy atom. The highest BCUT2D eigenvalue weighted by Gasteiger charge is 2.12. The van der Waals surface area contributed by atoms with E-state index in [1.165, 1.54) is 0 Å². The molecule has 0 unspecified atom stereocenters. The lowest BCUT2D eigenvalue weighted by Crippen LogP contribution is -2.23. The first-order chi connectivity index (χ1) is 5.12. The van der Waals surface area contributed by atoms with Gasteiger partial charge in [-0.25, -0.2) is 0 Å². The van der Waals surface area contributed by atoms with E-state index in [0.29, 0.717) is 19.8 Å². The third kappa shape index (κ3) is 5.90. The minimum absolute atomic E-state index is 0.521. The van der Waals surface area contributed by atoms with Crippen LogP contribution < -0.4 is 0 Å². The molecule has 0 aromatic carbocycles. The van der Waals surface area contributed by atoms with Crippen molar-refractivity contribution >= 4 is 0 Å². The summed E-state index contributed by atoms with van der Waals surface area (Å²) >= 11 is 0. The van der Waals surface area contributed by atoms with E-state index >= 15 is 0 Å². The molecule has 0 saturated carbocycles. The lowest BCUT2D eigenvalue weighted by molar-refractivity contribution is -0.0113. The molecule has 1 radical (unpaired) electrons. The van der Waals surface area contributed by atoms with E-state index < -0.39 is 5.60 Å². The van der Waals surface area contributed by atoms with Gasteiger partial charge in [0.05, 0.1) is 13.2 Å². The zero-order valence-corrected chi connectivity index (χ0v) is 7.44. The zero-order chi connectivity index (χ0) is 8.74. The molecule has 0 amide bonds. The number of ether oxygens (including phenoxy) is 2. The van der Waals surface area contributed by atoms with E-state index in [0.717, 1.165) is 0 Å². The first-order valence-corrected chi connectivity index (χ1v) is 3.78. The zero-order valence-electron chi connectivity index (χ0n) is 7.44. The molecule has 0 aromatic heterocycles. The Morgan fingerprint density at radius 3 is 2.45 bits per heavy atom. The van der Waals surface area contributed by atoms with Crippen LogP contribution in [0.2, 0.25) is 0 Å². The molecule has 0 rings (SSSR count). The van der Waals surface area contributed by atoms with Gasteiger partial charge < -0.3 is 9.47 Å². The maximum absolute atomic E-state index is 6.87. The minimum Gasteiger partial charge on any atom is -0.379 e. The van der Waals surface area contributed by atoms with Crippen LogP contribution in [0.4, 0.5) is 0 Å². The fraction of sp³-hybridized carbons (Fsp3) is 0.778. The Bertz CT molecular complexity index is 133. The van der Waals surface area contributed by atoms with Crippen LogP contribution in [0.15, 0.2) is 0 Å². The SMILES string of the molecule is [C]#CC(C)(C)OCCOCC. The lowest BCUT2D eigenvalue weighted by Gasteiger charge is -2.17. The van der Waals surface area contributed by atoms with Crippen molar-refractivity contribution in [3.8, 4) is 5.92 Å². The Labute approximate surface area is 68.9 Å². The van der Waals surface area contributed by atoms with Crippen molar-refractivity contribution in [1.29, 1.82) is 0 Å². The Morgan fingerprint density at radius 2 is 2.00 bits per heavy atom. The molecule has 0 aliphatic carbocycles. The molecule has 0 heterocycles. The van der Waals surface area contributed by atoms with Gasteiger partial charge in [0.1, 0.15) is 5.60 Å². The Balaban J connectivity index is 3.32. The smallest absolute Gasteiger partial charge is 0.124 e. The quantitative estimate of drug-likeness (QED) is 0.441. The number of rotatable bonds is 5. The molecule has 0 aliphatic heterocycles. The first-order valence-electron chi connectivity index (χ1n) is 3.78. The lowest BCUT2D eigenvalue weighted by atomic mass is 10.1. The van der Waals surface area contributed by atoms with Crippen molar-refractivity contribution in [1.82, 2.24) is 0 Å². The molecule has 0 aromatic rings. The molecule has 0 bridgehead atoms. The van der Waals surface area contributed by atoms with Gasteiger partial charge in [0, 0.05) is 6.61 Å². The molecular weight excluding hydrogens is 140 g/mol. The maximum Gasteiger partial charge on any atom is 0.124 e. The van der Waals surface area contributed by atoms with Gasteiger partial charge in [-0.1, -0.05) is 5.92 Å². The molecule has 0 spiro atoms. The molecule has 0 aliphatic rings. The Kier molecular flexibility index (Phi) is 4.93. The third-order valence-electron chi connectivity index (χ3n) is 1.20. The standard InChI is InChI=1S/C9H15O2/c1-5-9(3,4)11-8-7-10-6-2/h6-8H2,2-4H3. The molecule has 2 heteroatoms.